The van der Waals surface area contributed by atoms with Crippen LogP contribution < -0.4 is 9.80 Å². The first-order valence-corrected chi connectivity index (χ1v) is 13.5. The molecule has 6 heteroatoms. The molecule has 0 radical (unpaired) electrons. The smallest absolute Gasteiger partial charge is 0.275 e. The number of halogens is 1. The normalized spacial score (nSPS) is 20.0. The van der Waals surface area contributed by atoms with Crippen LogP contribution in [-0.2, 0) is 0 Å². The maximum atomic E-state index is 13.9. The van der Waals surface area contributed by atoms with Crippen LogP contribution in [0, 0.1) is 5.92 Å². The van der Waals surface area contributed by atoms with E-state index in [0.29, 0.717) is 5.56 Å². The minimum Gasteiger partial charge on any atom is -0.378 e. The molecule has 1 heterocycles. The highest BCUT2D eigenvalue weighted by Crippen LogP contribution is 2.45. The Morgan fingerprint density at radius 1 is 0.919 bits per heavy atom. The third-order valence-electron chi connectivity index (χ3n) is 7.32. The van der Waals surface area contributed by atoms with E-state index in [9.17, 15) is 4.79 Å². The summed E-state index contributed by atoms with van der Waals surface area (Å²) in [5.74, 6) is 0.0865. The molecule has 2 unspecified atom stereocenters. The molecular weight excluding hydrogens is 524 g/mol. The Morgan fingerprint density at radius 3 is 2.16 bits per heavy atom. The van der Waals surface area contributed by atoms with Gasteiger partial charge in [-0.1, -0.05) is 36.4 Å². The van der Waals surface area contributed by atoms with Crippen molar-refractivity contribution in [2.75, 3.05) is 38.0 Å². The number of amides is 1. The zero-order chi connectivity index (χ0) is 26.1. The van der Waals surface area contributed by atoms with Gasteiger partial charge in [0, 0.05) is 50.0 Å². The number of anilines is 2. The average molecular weight is 558 g/mol. The fourth-order valence-corrected chi connectivity index (χ4v) is 5.75. The lowest BCUT2D eigenvalue weighted by Gasteiger charge is -2.30. The lowest BCUT2D eigenvalue weighted by molar-refractivity contribution is 0.0680. The number of benzene rings is 3. The predicted molar refractivity (Wildman–Crippen MR) is 157 cm³/mol. The van der Waals surface area contributed by atoms with Crippen molar-refractivity contribution in [1.82, 2.24) is 5.01 Å². The molecule has 2 atom stereocenters. The van der Waals surface area contributed by atoms with Crippen LogP contribution in [0.1, 0.15) is 46.8 Å². The van der Waals surface area contributed by atoms with Gasteiger partial charge in [-0.15, -0.1) is 0 Å². The Balaban J connectivity index is 1.55. The average Bonchev–Trinajstić information content (AvgIpc) is 3.29. The van der Waals surface area contributed by atoms with E-state index in [1.54, 1.807) is 5.01 Å². The number of hydrogen-bond acceptors (Lipinski definition) is 4. The lowest BCUT2D eigenvalue weighted by Crippen LogP contribution is -2.32. The van der Waals surface area contributed by atoms with Crippen LogP contribution >= 0.6 is 15.9 Å². The zero-order valence-corrected chi connectivity index (χ0v) is 23.4. The van der Waals surface area contributed by atoms with Gasteiger partial charge in [0.15, 0.2) is 0 Å². The van der Waals surface area contributed by atoms with E-state index in [-0.39, 0.29) is 17.9 Å². The second kappa shape index (κ2) is 10.5. The minimum atomic E-state index is -0.134. The summed E-state index contributed by atoms with van der Waals surface area (Å²) < 4.78 is 0.786. The Bertz CT molecular complexity index is 1340. The first-order chi connectivity index (χ1) is 17.8. The number of nitrogens with zero attached hydrogens (tertiary/aromatic N) is 4. The van der Waals surface area contributed by atoms with Crippen molar-refractivity contribution in [3.63, 3.8) is 0 Å². The van der Waals surface area contributed by atoms with Crippen molar-refractivity contribution >= 4 is 45.0 Å². The molecule has 3 aromatic rings. The number of hydrazone groups is 1. The molecule has 1 fully saturated rings. The van der Waals surface area contributed by atoms with Gasteiger partial charge in [0.2, 0.25) is 0 Å². The molecule has 190 valence electrons. The largest absolute Gasteiger partial charge is 0.378 e. The second-order valence-corrected chi connectivity index (χ2v) is 11.1. The number of carbonyl (C=O) groups excluding carboxylic acids is 1. The van der Waals surface area contributed by atoms with Crippen molar-refractivity contribution < 1.29 is 4.79 Å². The van der Waals surface area contributed by atoms with Crippen molar-refractivity contribution in [3.05, 3.63) is 99.5 Å². The third-order valence-corrected chi connectivity index (χ3v) is 8.01. The van der Waals surface area contributed by atoms with Crippen molar-refractivity contribution in [3.8, 4) is 0 Å². The summed E-state index contributed by atoms with van der Waals surface area (Å²) in [7, 11) is 8.18. The molecule has 1 amide bonds. The van der Waals surface area contributed by atoms with Crippen LogP contribution in [0.2, 0.25) is 0 Å². The minimum absolute atomic E-state index is 0.0780. The SMILES string of the molecule is CN(C)c1ccc(C=C2CCCC3C2=NN(C(=O)c2ccccc2Br)C3c2ccc(N(C)C)cc2)cc1. The summed E-state index contributed by atoms with van der Waals surface area (Å²) in [4.78, 5) is 18.1. The first kappa shape index (κ1) is 25.3. The van der Waals surface area contributed by atoms with Crippen molar-refractivity contribution in [2.24, 2.45) is 11.0 Å². The Labute approximate surface area is 228 Å². The van der Waals surface area contributed by atoms with Gasteiger partial charge in [-0.05, 0) is 94.4 Å². The molecule has 1 aliphatic heterocycles. The number of fused-ring (bicyclic) bond motifs is 1. The van der Waals surface area contributed by atoms with Gasteiger partial charge >= 0.3 is 0 Å². The Kier molecular flexibility index (Phi) is 7.20. The van der Waals surface area contributed by atoms with Crippen LogP contribution in [0.3, 0.4) is 0 Å². The number of allylic oxidation sites excluding steroid dienone is 1. The first-order valence-electron chi connectivity index (χ1n) is 12.8. The fourth-order valence-electron chi connectivity index (χ4n) is 5.30. The maximum Gasteiger partial charge on any atom is 0.275 e. The van der Waals surface area contributed by atoms with Gasteiger partial charge < -0.3 is 9.80 Å². The third kappa shape index (κ3) is 5.08. The van der Waals surface area contributed by atoms with E-state index in [0.717, 1.165) is 46.3 Å². The highest BCUT2D eigenvalue weighted by molar-refractivity contribution is 9.10. The van der Waals surface area contributed by atoms with Crippen LogP contribution in [-0.4, -0.2) is 44.8 Å². The van der Waals surface area contributed by atoms with Crippen LogP contribution in [0.4, 0.5) is 11.4 Å². The van der Waals surface area contributed by atoms with Gasteiger partial charge in [-0.25, -0.2) is 5.01 Å². The molecule has 2 aliphatic rings. The summed E-state index contributed by atoms with van der Waals surface area (Å²) >= 11 is 3.58. The Hall–Kier alpha value is -3.38. The Morgan fingerprint density at radius 2 is 1.54 bits per heavy atom. The summed E-state index contributed by atoms with van der Waals surface area (Å²) in [6.07, 6.45) is 5.31. The van der Waals surface area contributed by atoms with E-state index >= 15 is 0 Å². The molecule has 0 saturated heterocycles. The molecule has 0 spiro atoms. The second-order valence-electron chi connectivity index (χ2n) is 10.2. The summed E-state index contributed by atoms with van der Waals surface area (Å²) in [6.45, 7) is 0. The van der Waals surface area contributed by atoms with E-state index in [1.165, 1.54) is 11.3 Å². The monoisotopic (exact) mass is 556 g/mol. The topological polar surface area (TPSA) is 39.1 Å². The van der Waals surface area contributed by atoms with Gasteiger partial charge in [0.05, 0.1) is 17.3 Å². The van der Waals surface area contributed by atoms with Gasteiger partial charge in [0.1, 0.15) is 0 Å². The van der Waals surface area contributed by atoms with Gasteiger partial charge in [0.25, 0.3) is 5.91 Å². The molecule has 1 saturated carbocycles. The van der Waals surface area contributed by atoms with Gasteiger partial charge in [-0.3, -0.25) is 4.79 Å². The fraction of sp³-hybridized carbons (Fsp3) is 0.290. The quantitative estimate of drug-likeness (QED) is 0.339. The van der Waals surface area contributed by atoms with E-state index in [4.69, 9.17) is 5.10 Å². The maximum absolute atomic E-state index is 13.9. The molecule has 3 aromatic carbocycles. The van der Waals surface area contributed by atoms with Crippen LogP contribution in [0.5, 0.6) is 0 Å². The molecule has 0 bridgehead atoms. The highest BCUT2D eigenvalue weighted by atomic mass is 79.9. The van der Waals surface area contributed by atoms with Crippen molar-refractivity contribution in [1.29, 1.82) is 0 Å². The predicted octanol–water partition coefficient (Wildman–Crippen LogP) is 7.02. The molecule has 37 heavy (non-hydrogen) atoms. The van der Waals surface area contributed by atoms with E-state index in [2.05, 4.69) is 80.3 Å². The van der Waals surface area contributed by atoms with Gasteiger partial charge in [-0.2, -0.15) is 5.10 Å². The molecule has 0 N–H and O–H groups in total. The summed E-state index contributed by atoms with van der Waals surface area (Å²) in [5.41, 5.74) is 7.49. The van der Waals surface area contributed by atoms with Crippen LogP contribution in [0.25, 0.3) is 6.08 Å². The molecule has 5 nitrogen and oxygen atoms in total. The molecule has 1 aliphatic carbocycles. The van der Waals surface area contributed by atoms with Crippen molar-refractivity contribution in [2.45, 2.75) is 25.3 Å². The van der Waals surface area contributed by atoms with E-state index < -0.39 is 0 Å². The number of hydrogen-bond donors (Lipinski definition) is 0. The standard InChI is InChI=1S/C31H33BrN4O/c1-34(2)24-16-12-21(13-17-24)20-23-8-7-10-27-29(23)33-36(31(37)26-9-5-6-11-28(26)32)30(27)22-14-18-25(19-15-22)35(3)4/h5-6,9,11-20,27,30H,7-8,10H2,1-4H3. The van der Waals surface area contributed by atoms with Crippen LogP contribution in [0.15, 0.2) is 87.9 Å². The number of rotatable bonds is 5. The molecule has 0 aromatic heterocycles. The number of carbonyl (C=O) groups is 1. The molecular formula is C31H33BrN4O. The lowest BCUT2D eigenvalue weighted by atomic mass is 9.77. The summed E-state index contributed by atoms with van der Waals surface area (Å²) in [5, 5.41) is 6.79. The molecule has 5 rings (SSSR count). The summed E-state index contributed by atoms with van der Waals surface area (Å²) in [6, 6.07) is 24.6. The van der Waals surface area contributed by atoms with E-state index in [1.807, 2.05) is 52.5 Å². The highest BCUT2D eigenvalue weighted by Gasteiger charge is 2.44. The zero-order valence-electron chi connectivity index (χ0n) is 21.9.